The minimum Gasteiger partial charge on any atom is -0.507 e. The number of nitrogens with one attached hydrogen (secondary N) is 1. The first-order chi connectivity index (χ1) is 17.5. The summed E-state index contributed by atoms with van der Waals surface area (Å²) in [7, 11) is 0. The zero-order valence-corrected chi connectivity index (χ0v) is 20.5. The number of thiol groups is 1. The molecule has 1 aliphatic heterocycles. The number of aromatic hydroxyl groups is 1. The summed E-state index contributed by atoms with van der Waals surface area (Å²) in [4.78, 5) is 24.6. The Morgan fingerprint density at radius 2 is 1.86 bits per heavy atom. The molecule has 4 rings (SSSR count). The van der Waals surface area contributed by atoms with Gasteiger partial charge in [0.05, 0.1) is 12.4 Å². The van der Waals surface area contributed by atoms with Crippen LogP contribution in [0.25, 0.3) is 10.8 Å². The molecule has 0 aliphatic carbocycles. The van der Waals surface area contributed by atoms with Crippen LogP contribution in [0.3, 0.4) is 0 Å². The molecule has 3 aromatic carbocycles. The van der Waals surface area contributed by atoms with E-state index in [0.29, 0.717) is 40.1 Å². The monoisotopic (exact) mass is 513 g/mol. The van der Waals surface area contributed by atoms with Crippen LogP contribution in [0.4, 0.5) is 10.5 Å². The van der Waals surface area contributed by atoms with Crippen LogP contribution in [0.15, 0.2) is 54.6 Å². The predicted octanol–water partition coefficient (Wildman–Crippen LogP) is 4.83. The SMILES string of the molecule is CCO[C@H](CCOC(=O)CS)[C@H](OC(=O)Nc1ccc2c(c1)OCO2)c1ccc(O)c2ccccc12. The maximum atomic E-state index is 13.0. The van der Waals surface area contributed by atoms with Crippen LogP contribution >= 0.6 is 12.6 Å². The van der Waals surface area contributed by atoms with Crippen molar-refractivity contribution in [1.82, 2.24) is 0 Å². The molecule has 3 aromatic rings. The van der Waals surface area contributed by atoms with E-state index in [9.17, 15) is 14.7 Å². The van der Waals surface area contributed by atoms with E-state index in [1.165, 1.54) is 0 Å². The Kier molecular flexibility index (Phi) is 8.40. The molecule has 0 fully saturated rings. The normalized spacial score (nSPS) is 13.7. The van der Waals surface area contributed by atoms with Crippen molar-refractivity contribution in [3.8, 4) is 17.2 Å². The van der Waals surface area contributed by atoms with Crippen molar-refractivity contribution in [2.75, 3.05) is 31.1 Å². The molecular weight excluding hydrogens is 486 g/mol. The zero-order valence-electron chi connectivity index (χ0n) is 19.6. The first-order valence-corrected chi connectivity index (χ1v) is 12.1. The van der Waals surface area contributed by atoms with E-state index in [0.717, 1.165) is 0 Å². The number of ether oxygens (including phenoxy) is 5. The van der Waals surface area contributed by atoms with Crippen LogP contribution in [0.5, 0.6) is 17.2 Å². The highest BCUT2D eigenvalue weighted by molar-refractivity contribution is 7.81. The van der Waals surface area contributed by atoms with Crippen LogP contribution in [-0.4, -0.2) is 49.0 Å². The minimum atomic E-state index is -0.876. The number of hydrogen-bond acceptors (Lipinski definition) is 9. The number of benzene rings is 3. The molecule has 0 saturated heterocycles. The van der Waals surface area contributed by atoms with Crippen LogP contribution < -0.4 is 14.8 Å². The predicted molar refractivity (Wildman–Crippen MR) is 136 cm³/mol. The number of esters is 1. The zero-order chi connectivity index (χ0) is 25.5. The molecule has 190 valence electrons. The maximum Gasteiger partial charge on any atom is 0.412 e. The molecule has 36 heavy (non-hydrogen) atoms. The smallest absolute Gasteiger partial charge is 0.412 e. The van der Waals surface area contributed by atoms with Gasteiger partial charge in [0.2, 0.25) is 6.79 Å². The molecular formula is C26H27NO8S. The molecule has 1 aliphatic rings. The highest BCUT2D eigenvalue weighted by Crippen LogP contribution is 2.37. The highest BCUT2D eigenvalue weighted by Gasteiger charge is 2.30. The first kappa shape index (κ1) is 25.5. The van der Waals surface area contributed by atoms with Gasteiger partial charge < -0.3 is 28.8 Å². The summed E-state index contributed by atoms with van der Waals surface area (Å²) in [6, 6.07) is 15.5. The van der Waals surface area contributed by atoms with Crippen molar-refractivity contribution < 1.29 is 38.4 Å². The van der Waals surface area contributed by atoms with Crippen molar-refractivity contribution >= 4 is 41.2 Å². The summed E-state index contributed by atoms with van der Waals surface area (Å²) in [6.07, 6.45) is -1.96. The number of rotatable bonds is 10. The molecule has 1 amide bonds. The second-order valence-corrected chi connectivity index (χ2v) is 8.22. The van der Waals surface area contributed by atoms with Crippen LogP contribution in [0, 0.1) is 0 Å². The number of hydrogen-bond donors (Lipinski definition) is 3. The van der Waals surface area contributed by atoms with Gasteiger partial charge >= 0.3 is 12.1 Å². The van der Waals surface area contributed by atoms with Gasteiger partial charge in [0.15, 0.2) is 17.6 Å². The van der Waals surface area contributed by atoms with Crippen LogP contribution in [0.1, 0.15) is 25.0 Å². The average molecular weight is 514 g/mol. The second kappa shape index (κ2) is 11.9. The molecule has 0 radical (unpaired) electrons. The third-order valence-electron chi connectivity index (χ3n) is 5.61. The van der Waals surface area contributed by atoms with Crippen LogP contribution in [-0.2, 0) is 19.0 Å². The standard InChI is InChI=1S/C26H27NO8S/c1-2-31-22(11-12-32-24(29)14-36)25(19-8-9-20(28)18-6-4-3-5-17(18)19)35-26(30)27-16-7-10-21-23(13-16)34-15-33-21/h3-10,13,22,25,28,36H,2,11-12,14-15H2,1H3,(H,27,30)/t22-,25-/m1/s1. The van der Waals surface area contributed by atoms with Gasteiger partial charge in [-0.1, -0.05) is 30.3 Å². The molecule has 0 bridgehead atoms. The Morgan fingerprint density at radius 3 is 2.64 bits per heavy atom. The number of carbonyl (C=O) groups is 2. The Bertz CT molecular complexity index is 1230. The lowest BCUT2D eigenvalue weighted by Gasteiger charge is -2.28. The van der Waals surface area contributed by atoms with Crippen LogP contribution in [0.2, 0.25) is 0 Å². The lowest BCUT2D eigenvalue weighted by molar-refractivity contribution is -0.142. The fraction of sp³-hybridized carbons (Fsp3) is 0.308. The summed E-state index contributed by atoms with van der Waals surface area (Å²) in [6.45, 7) is 2.34. The number of anilines is 1. The summed E-state index contributed by atoms with van der Waals surface area (Å²) >= 11 is 3.92. The molecule has 0 aromatic heterocycles. The quantitative estimate of drug-likeness (QED) is 0.261. The van der Waals surface area contributed by atoms with E-state index in [1.54, 1.807) is 36.4 Å². The second-order valence-electron chi connectivity index (χ2n) is 7.90. The number of phenolic OH excluding ortho intramolecular Hbond substituents is 1. The van der Waals surface area contributed by atoms with Crippen molar-refractivity contribution in [2.45, 2.75) is 25.6 Å². The lowest BCUT2D eigenvalue weighted by atomic mass is 9.95. The Morgan fingerprint density at radius 1 is 1.08 bits per heavy atom. The largest absolute Gasteiger partial charge is 0.507 e. The third-order valence-corrected chi connectivity index (χ3v) is 5.87. The molecule has 2 N–H and O–H groups in total. The molecule has 1 heterocycles. The van der Waals surface area contributed by atoms with Crippen molar-refractivity contribution in [3.63, 3.8) is 0 Å². The Balaban J connectivity index is 1.62. The fourth-order valence-corrected chi connectivity index (χ4v) is 4.09. The van der Waals surface area contributed by atoms with Crippen molar-refractivity contribution in [1.29, 1.82) is 0 Å². The lowest BCUT2D eigenvalue weighted by Crippen LogP contribution is -2.30. The van der Waals surface area contributed by atoms with E-state index in [1.807, 2.05) is 25.1 Å². The summed E-state index contributed by atoms with van der Waals surface area (Å²) < 4.78 is 27.7. The Labute approximate surface area is 213 Å². The molecule has 9 nitrogen and oxygen atoms in total. The Hall–Kier alpha value is -3.63. The molecule has 0 spiro atoms. The van der Waals surface area contributed by atoms with E-state index in [2.05, 4.69) is 17.9 Å². The minimum absolute atomic E-state index is 0.0419. The van der Waals surface area contributed by atoms with Gasteiger partial charge in [-0.3, -0.25) is 10.1 Å². The van der Waals surface area contributed by atoms with E-state index >= 15 is 0 Å². The molecule has 10 heteroatoms. The van der Waals surface area contributed by atoms with E-state index in [4.69, 9.17) is 23.7 Å². The molecule has 2 atom stereocenters. The van der Waals surface area contributed by atoms with Gasteiger partial charge in [0.1, 0.15) is 11.9 Å². The maximum absolute atomic E-state index is 13.0. The molecule has 0 saturated carbocycles. The van der Waals surface area contributed by atoms with Gasteiger partial charge in [0.25, 0.3) is 0 Å². The third kappa shape index (κ3) is 5.95. The van der Waals surface area contributed by atoms with Gasteiger partial charge in [-0.15, -0.1) is 0 Å². The van der Waals surface area contributed by atoms with Crippen molar-refractivity contribution in [2.24, 2.45) is 0 Å². The van der Waals surface area contributed by atoms with Gasteiger partial charge in [-0.2, -0.15) is 12.6 Å². The van der Waals surface area contributed by atoms with E-state index < -0.39 is 24.3 Å². The first-order valence-electron chi connectivity index (χ1n) is 11.5. The average Bonchev–Trinajstić information content (AvgIpc) is 3.35. The molecule has 0 unspecified atom stereocenters. The fourth-order valence-electron chi connectivity index (χ4n) is 4.00. The summed E-state index contributed by atoms with van der Waals surface area (Å²) in [5.41, 5.74) is 1.11. The van der Waals surface area contributed by atoms with E-state index in [-0.39, 0.29) is 31.3 Å². The van der Waals surface area contributed by atoms with Gasteiger partial charge in [-0.05, 0) is 30.5 Å². The number of amides is 1. The number of phenols is 1. The van der Waals surface area contributed by atoms with Gasteiger partial charge in [-0.25, -0.2) is 4.79 Å². The number of carbonyl (C=O) groups excluding carboxylic acids is 2. The van der Waals surface area contributed by atoms with Crippen molar-refractivity contribution in [3.05, 3.63) is 60.2 Å². The summed E-state index contributed by atoms with van der Waals surface area (Å²) in [5, 5.41) is 14.4. The number of fused-ring (bicyclic) bond motifs is 2. The topological polar surface area (TPSA) is 113 Å². The van der Waals surface area contributed by atoms with Gasteiger partial charge in [0, 0.05) is 35.7 Å². The summed E-state index contributed by atoms with van der Waals surface area (Å²) in [5.74, 6) is 0.719. The highest BCUT2D eigenvalue weighted by atomic mass is 32.1.